The van der Waals surface area contributed by atoms with Gasteiger partial charge < -0.3 is 5.11 Å². The fourth-order valence-corrected chi connectivity index (χ4v) is 6.91. The Bertz CT molecular complexity index is 2140. The van der Waals surface area contributed by atoms with Crippen LogP contribution in [0.5, 0.6) is 5.75 Å². The maximum atomic E-state index is 11.7. The normalized spacial score (nSPS) is 11.4. The summed E-state index contributed by atoms with van der Waals surface area (Å²) >= 11 is 1.62. The summed E-state index contributed by atoms with van der Waals surface area (Å²) in [5.74, 6) is 0.292. The number of hydrogen-bond donors (Lipinski definition) is 1. The van der Waals surface area contributed by atoms with Crippen LogP contribution in [0.15, 0.2) is 128 Å². The Balaban J connectivity index is 0.00000386. The van der Waals surface area contributed by atoms with Gasteiger partial charge in [0, 0.05) is 44.1 Å². The van der Waals surface area contributed by atoms with Crippen LogP contribution in [0.25, 0.3) is 43.2 Å². The van der Waals surface area contributed by atoms with E-state index in [0.29, 0.717) is 12.2 Å². The zero-order valence-electron chi connectivity index (χ0n) is 26.6. The van der Waals surface area contributed by atoms with E-state index >= 15 is 0 Å². The van der Waals surface area contributed by atoms with Gasteiger partial charge in [-0.15, -0.1) is 40.7 Å². The Hall–Kier alpha value is -4.37. The summed E-state index contributed by atoms with van der Waals surface area (Å²) in [6, 6.07) is 45.4. The van der Waals surface area contributed by atoms with Crippen molar-refractivity contribution in [2.75, 3.05) is 0 Å². The van der Waals surface area contributed by atoms with Crippen molar-refractivity contribution >= 4 is 21.6 Å². The van der Waals surface area contributed by atoms with Crippen molar-refractivity contribution in [3.8, 4) is 38.7 Å². The van der Waals surface area contributed by atoms with E-state index in [9.17, 15) is 5.11 Å². The second-order valence-corrected chi connectivity index (χ2v) is 13.8. The first-order valence-corrected chi connectivity index (χ1v) is 16.5. The molecule has 47 heavy (non-hydrogen) atoms. The van der Waals surface area contributed by atoms with Crippen molar-refractivity contribution in [1.82, 2.24) is 9.97 Å². The van der Waals surface area contributed by atoms with Crippen molar-refractivity contribution in [2.45, 2.75) is 39.0 Å². The summed E-state index contributed by atoms with van der Waals surface area (Å²) in [6.45, 7) is 6.69. The number of thiazole rings is 1. The average Bonchev–Trinajstić information content (AvgIpc) is 3.51. The molecule has 5 aromatic carbocycles. The van der Waals surface area contributed by atoms with Crippen LogP contribution in [0.3, 0.4) is 0 Å². The molecule has 0 atom stereocenters. The first kappa shape index (κ1) is 32.6. The Morgan fingerprint density at radius 1 is 0.681 bits per heavy atom. The van der Waals surface area contributed by atoms with Gasteiger partial charge >= 0.3 is 0 Å². The summed E-state index contributed by atoms with van der Waals surface area (Å²) < 4.78 is 1.07. The number of aromatic nitrogens is 2. The molecule has 0 aliphatic carbocycles. The standard InChI is InChI=1S/C42H35N2OS.Pt/c1-42(2,3)34-26-31(25-32(27-34)37-18-10-11-20-43-37)35-17-12-19-38-39(35)44-41(46-38)36-24-30(21-28-13-6-4-7-14-28)23-33(40(36)45)22-29-15-8-5-9-16-29;/h4-20,23-24,26-27,45H,21-22H2,1-3H3;/q-1;. The summed E-state index contributed by atoms with van der Waals surface area (Å²) in [7, 11) is 0. The van der Waals surface area contributed by atoms with Crippen LogP contribution >= 0.6 is 11.3 Å². The fraction of sp³-hybridized carbons (Fsp3) is 0.143. The molecule has 0 aliphatic rings. The number of fused-ring (bicyclic) bond motifs is 1. The van der Waals surface area contributed by atoms with Gasteiger partial charge in [0.25, 0.3) is 0 Å². The van der Waals surface area contributed by atoms with Crippen molar-refractivity contribution in [3.05, 3.63) is 161 Å². The second kappa shape index (κ2) is 13.8. The maximum absolute atomic E-state index is 11.7. The zero-order chi connectivity index (χ0) is 31.7. The second-order valence-electron chi connectivity index (χ2n) is 12.8. The van der Waals surface area contributed by atoms with Gasteiger partial charge in [-0.05, 0) is 52.3 Å². The van der Waals surface area contributed by atoms with Crippen molar-refractivity contribution in [3.63, 3.8) is 0 Å². The predicted molar refractivity (Wildman–Crippen MR) is 191 cm³/mol. The molecule has 0 fully saturated rings. The molecule has 0 saturated heterocycles. The van der Waals surface area contributed by atoms with E-state index in [4.69, 9.17) is 4.98 Å². The van der Waals surface area contributed by atoms with Gasteiger partial charge in [0.05, 0.1) is 11.1 Å². The number of para-hydroxylation sites is 1. The molecule has 7 rings (SSSR count). The third kappa shape index (κ3) is 7.15. The molecule has 2 heterocycles. The van der Waals surface area contributed by atoms with Crippen LogP contribution < -0.4 is 0 Å². The number of nitrogens with zero attached hydrogens (tertiary/aromatic N) is 2. The molecular formula is C42H35N2OPtS-. The van der Waals surface area contributed by atoms with Crippen molar-refractivity contribution in [1.29, 1.82) is 0 Å². The van der Waals surface area contributed by atoms with Crippen LogP contribution in [0, 0.1) is 6.07 Å². The molecule has 1 N–H and O–H groups in total. The Kier molecular flexibility index (Phi) is 9.54. The summed E-state index contributed by atoms with van der Waals surface area (Å²) in [5, 5.41) is 12.6. The summed E-state index contributed by atoms with van der Waals surface area (Å²) in [6.07, 6.45) is 3.24. The first-order chi connectivity index (χ1) is 22.3. The molecule has 0 aliphatic heterocycles. The van der Waals surface area contributed by atoms with Crippen molar-refractivity contribution in [2.24, 2.45) is 0 Å². The summed E-state index contributed by atoms with van der Waals surface area (Å²) in [4.78, 5) is 9.86. The van der Waals surface area contributed by atoms with E-state index in [0.717, 1.165) is 66.3 Å². The van der Waals surface area contributed by atoms with Crippen molar-refractivity contribution < 1.29 is 26.2 Å². The van der Waals surface area contributed by atoms with E-state index in [1.165, 1.54) is 11.1 Å². The number of aromatic hydroxyl groups is 1. The molecule has 0 radical (unpaired) electrons. The van der Waals surface area contributed by atoms with E-state index in [2.05, 4.69) is 111 Å². The monoisotopic (exact) mass is 810 g/mol. The van der Waals surface area contributed by atoms with Crippen LogP contribution in [0.4, 0.5) is 0 Å². The Morgan fingerprint density at radius 2 is 1.36 bits per heavy atom. The molecular weight excluding hydrogens is 776 g/mol. The van der Waals surface area contributed by atoms with Gasteiger partial charge in [0.1, 0.15) is 10.8 Å². The largest absolute Gasteiger partial charge is 0.507 e. The number of phenolic OH excluding ortho intramolecular Hbond substituents is 1. The molecule has 0 amide bonds. The molecule has 236 valence electrons. The molecule has 0 spiro atoms. The van der Waals surface area contributed by atoms with Gasteiger partial charge in [-0.25, -0.2) is 4.98 Å². The zero-order valence-corrected chi connectivity index (χ0v) is 29.7. The SMILES string of the molecule is CC(C)(C)c1cc(-c2ccccn2)[c-]c(-c2cccc3sc(-c4cc(Cc5ccccc5)cc(Cc5ccccc5)c4O)nc23)c1.[Pt]. The molecule has 0 unspecified atom stereocenters. The molecule has 0 bridgehead atoms. The summed E-state index contributed by atoms with van der Waals surface area (Å²) in [5.41, 5.74) is 11.1. The van der Waals surface area contributed by atoms with Gasteiger partial charge in [0.2, 0.25) is 0 Å². The maximum Gasteiger partial charge on any atom is 0.129 e. The Morgan fingerprint density at radius 3 is 2.04 bits per heavy atom. The first-order valence-electron chi connectivity index (χ1n) is 15.6. The predicted octanol–water partition coefficient (Wildman–Crippen LogP) is 10.7. The molecule has 3 nitrogen and oxygen atoms in total. The number of phenols is 1. The minimum atomic E-state index is -0.0609. The quantitative estimate of drug-likeness (QED) is 0.163. The van der Waals surface area contributed by atoms with Gasteiger partial charge in [-0.1, -0.05) is 123 Å². The average molecular weight is 811 g/mol. The minimum absolute atomic E-state index is 0. The van der Waals surface area contributed by atoms with E-state index < -0.39 is 0 Å². The number of benzene rings is 5. The molecule has 2 aromatic heterocycles. The van der Waals surface area contributed by atoms with Gasteiger partial charge in [-0.2, -0.15) is 0 Å². The third-order valence-electron chi connectivity index (χ3n) is 8.35. The molecule has 0 saturated carbocycles. The number of hydrogen-bond acceptors (Lipinski definition) is 4. The fourth-order valence-electron chi connectivity index (χ4n) is 5.90. The number of pyridine rings is 1. The smallest absolute Gasteiger partial charge is 0.129 e. The molecule has 7 aromatic rings. The van der Waals surface area contributed by atoms with Gasteiger partial charge in [-0.3, -0.25) is 4.98 Å². The van der Waals surface area contributed by atoms with E-state index in [1.807, 2.05) is 48.7 Å². The van der Waals surface area contributed by atoms with Crippen LogP contribution in [0.1, 0.15) is 48.6 Å². The third-order valence-corrected chi connectivity index (χ3v) is 9.41. The van der Waals surface area contributed by atoms with Crippen LogP contribution in [-0.2, 0) is 39.3 Å². The van der Waals surface area contributed by atoms with E-state index in [1.54, 1.807) is 11.3 Å². The van der Waals surface area contributed by atoms with E-state index in [-0.39, 0.29) is 26.5 Å². The number of rotatable bonds is 7. The minimum Gasteiger partial charge on any atom is -0.507 e. The Labute approximate surface area is 295 Å². The van der Waals surface area contributed by atoms with Gasteiger partial charge in [0.15, 0.2) is 0 Å². The molecule has 5 heteroatoms. The van der Waals surface area contributed by atoms with Crippen LogP contribution in [0.2, 0.25) is 0 Å². The van der Waals surface area contributed by atoms with Crippen LogP contribution in [-0.4, -0.2) is 15.1 Å². The topological polar surface area (TPSA) is 46.0 Å².